The Morgan fingerprint density at radius 3 is 2.30 bits per heavy atom. The molecule has 6 rings (SSSR count). The maximum absolute atomic E-state index is 13.4. The first-order valence-corrected chi connectivity index (χ1v) is 16.1. The topological polar surface area (TPSA) is 139 Å². The lowest BCUT2D eigenvalue weighted by atomic mass is 9.92. The zero-order valence-corrected chi connectivity index (χ0v) is 28.9. The maximum atomic E-state index is 13.4. The van der Waals surface area contributed by atoms with Gasteiger partial charge >= 0.3 is 6.03 Å². The van der Waals surface area contributed by atoms with Gasteiger partial charge in [0.05, 0.1) is 29.5 Å². The van der Waals surface area contributed by atoms with E-state index in [0.29, 0.717) is 28.9 Å². The number of benzene rings is 3. The van der Waals surface area contributed by atoms with Crippen LogP contribution in [0.4, 0.5) is 27.9 Å². The normalized spacial score (nSPS) is 11.2. The number of amides is 3. The predicted molar refractivity (Wildman–Crippen MR) is 195 cm³/mol. The highest BCUT2D eigenvalue weighted by Crippen LogP contribution is 2.33. The van der Waals surface area contributed by atoms with Crippen molar-refractivity contribution in [2.45, 2.75) is 39.7 Å². The van der Waals surface area contributed by atoms with Crippen molar-refractivity contribution in [1.29, 1.82) is 0 Å². The van der Waals surface area contributed by atoms with Crippen molar-refractivity contribution >= 4 is 45.9 Å². The molecule has 3 amide bonds. The molecule has 12 nitrogen and oxygen atoms in total. The second kappa shape index (κ2) is 14.0. The highest BCUT2D eigenvalue weighted by molar-refractivity contribution is 6.07. The number of fused-ring (bicyclic) bond motifs is 1. The molecule has 0 atom stereocenters. The van der Waals surface area contributed by atoms with E-state index in [-0.39, 0.29) is 23.6 Å². The van der Waals surface area contributed by atoms with Crippen molar-refractivity contribution in [3.63, 3.8) is 0 Å². The Kier molecular flexibility index (Phi) is 9.44. The highest BCUT2D eigenvalue weighted by Gasteiger charge is 2.22. The maximum Gasteiger partial charge on any atom is 0.324 e. The number of rotatable bonds is 9. The van der Waals surface area contributed by atoms with Gasteiger partial charge in [-0.2, -0.15) is 5.10 Å². The van der Waals surface area contributed by atoms with Crippen molar-refractivity contribution in [3.8, 4) is 11.4 Å². The number of pyridine rings is 1. The van der Waals surface area contributed by atoms with Crippen molar-refractivity contribution < 1.29 is 14.3 Å². The van der Waals surface area contributed by atoms with E-state index in [2.05, 4.69) is 51.7 Å². The quantitative estimate of drug-likeness (QED) is 0.144. The molecule has 0 aliphatic rings. The molecule has 3 aromatic carbocycles. The van der Waals surface area contributed by atoms with E-state index >= 15 is 0 Å². The Morgan fingerprint density at radius 1 is 0.840 bits per heavy atom. The Morgan fingerprint density at radius 2 is 1.60 bits per heavy atom. The molecule has 0 saturated carbocycles. The minimum atomic E-state index is -0.391. The van der Waals surface area contributed by atoms with Crippen LogP contribution in [0.1, 0.15) is 48.1 Å². The monoisotopic (exact) mass is 669 g/mol. The number of nitrogens with one attached hydrogen (secondary N) is 3. The van der Waals surface area contributed by atoms with Crippen molar-refractivity contribution in [2.24, 2.45) is 0 Å². The van der Waals surface area contributed by atoms with Crippen LogP contribution in [0, 0.1) is 6.92 Å². The van der Waals surface area contributed by atoms with Crippen molar-refractivity contribution in [1.82, 2.24) is 29.6 Å². The summed E-state index contributed by atoms with van der Waals surface area (Å²) in [5.41, 5.74) is 4.41. The number of carbonyl (C=O) groups excluding carboxylic acids is 2. The van der Waals surface area contributed by atoms with Crippen LogP contribution in [0.2, 0.25) is 0 Å². The fourth-order valence-electron chi connectivity index (χ4n) is 5.15. The van der Waals surface area contributed by atoms with Crippen LogP contribution in [-0.2, 0) is 12.0 Å². The Hall–Kier alpha value is -6.30. The molecule has 12 heteroatoms. The van der Waals surface area contributed by atoms with Crippen LogP contribution in [0.5, 0.6) is 5.75 Å². The fraction of sp³-hybridized carbons (Fsp3) is 0.211. The lowest BCUT2D eigenvalue weighted by Crippen LogP contribution is -2.22. The molecule has 254 valence electrons. The van der Waals surface area contributed by atoms with Gasteiger partial charge in [-0.25, -0.2) is 24.4 Å². The molecule has 0 bridgehead atoms. The third-order valence-electron chi connectivity index (χ3n) is 7.88. The zero-order chi connectivity index (χ0) is 35.4. The molecule has 6 aromatic rings. The number of anilines is 4. The average Bonchev–Trinajstić information content (AvgIpc) is 3.53. The molecule has 0 aliphatic carbocycles. The molecule has 0 saturated heterocycles. The first kappa shape index (κ1) is 33.6. The van der Waals surface area contributed by atoms with Gasteiger partial charge < -0.3 is 20.3 Å². The number of aryl methyl sites for hydroxylation is 1. The summed E-state index contributed by atoms with van der Waals surface area (Å²) < 4.78 is 8.03. The van der Waals surface area contributed by atoms with Gasteiger partial charge in [0.1, 0.15) is 35.5 Å². The standard InChI is InChI=1S/C38H39N9O3/c1-24-11-13-26(14-12-24)47-35(20-32(45-47)38(2,3)4)44-37(49)42-29-15-16-31(28-10-8-7-9-27(28)29)50-23-25-17-18-39-33(19-25)43-34-22-40-30(21-41-34)36(48)46(5)6/h7-22H,23H2,1-6H3,(H,39,41,43)(H2,42,44,49). The van der Waals surface area contributed by atoms with Gasteiger partial charge in [0.2, 0.25) is 0 Å². The third-order valence-corrected chi connectivity index (χ3v) is 7.88. The van der Waals surface area contributed by atoms with Crippen LogP contribution in [0.25, 0.3) is 16.5 Å². The third kappa shape index (κ3) is 7.70. The van der Waals surface area contributed by atoms with E-state index in [1.807, 2.05) is 85.8 Å². The van der Waals surface area contributed by atoms with Crippen LogP contribution < -0.4 is 20.7 Å². The van der Waals surface area contributed by atoms with Crippen LogP contribution in [0.15, 0.2) is 97.5 Å². The zero-order valence-electron chi connectivity index (χ0n) is 28.9. The first-order valence-electron chi connectivity index (χ1n) is 16.1. The van der Waals surface area contributed by atoms with E-state index in [9.17, 15) is 9.59 Å². The largest absolute Gasteiger partial charge is 0.488 e. The van der Waals surface area contributed by atoms with E-state index in [0.717, 1.165) is 33.3 Å². The summed E-state index contributed by atoms with van der Waals surface area (Å²) in [6.07, 6.45) is 4.59. The number of urea groups is 1. The lowest BCUT2D eigenvalue weighted by molar-refractivity contribution is 0.0821. The number of carbonyl (C=O) groups is 2. The number of hydrogen-bond acceptors (Lipinski definition) is 8. The van der Waals surface area contributed by atoms with Gasteiger partial charge in [0.15, 0.2) is 0 Å². The molecule has 0 unspecified atom stereocenters. The number of hydrogen-bond donors (Lipinski definition) is 3. The van der Waals surface area contributed by atoms with E-state index in [1.54, 1.807) is 25.0 Å². The van der Waals surface area contributed by atoms with Gasteiger partial charge in [-0.05, 0) is 48.9 Å². The smallest absolute Gasteiger partial charge is 0.324 e. The minimum Gasteiger partial charge on any atom is -0.488 e. The van der Waals surface area contributed by atoms with Crippen LogP contribution in [-0.4, -0.2) is 55.7 Å². The summed E-state index contributed by atoms with van der Waals surface area (Å²) in [6, 6.07) is 24.7. The molecular weight excluding hydrogens is 630 g/mol. The molecular formula is C38H39N9O3. The van der Waals surface area contributed by atoms with Gasteiger partial charge in [-0.15, -0.1) is 0 Å². The Balaban J connectivity index is 1.15. The predicted octanol–water partition coefficient (Wildman–Crippen LogP) is 7.48. The summed E-state index contributed by atoms with van der Waals surface area (Å²) >= 11 is 0. The number of nitrogens with zero attached hydrogens (tertiary/aromatic N) is 6. The molecule has 3 heterocycles. The fourth-order valence-corrected chi connectivity index (χ4v) is 5.15. The van der Waals surface area contributed by atoms with Crippen molar-refractivity contribution in [3.05, 3.63) is 120 Å². The van der Waals surface area contributed by atoms with Gasteiger partial charge in [0.25, 0.3) is 5.91 Å². The molecule has 0 fully saturated rings. The first-order chi connectivity index (χ1) is 23.9. The van der Waals surface area contributed by atoms with Crippen molar-refractivity contribution in [2.75, 3.05) is 30.0 Å². The molecule has 0 aliphatic heterocycles. The molecule has 0 radical (unpaired) electrons. The lowest BCUT2D eigenvalue weighted by Gasteiger charge is -2.15. The van der Waals surface area contributed by atoms with Crippen LogP contribution in [0.3, 0.4) is 0 Å². The molecule has 3 aromatic heterocycles. The summed E-state index contributed by atoms with van der Waals surface area (Å²) in [6.45, 7) is 8.57. The van der Waals surface area contributed by atoms with E-state index < -0.39 is 6.03 Å². The number of aromatic nitrogens is 5. The van der Waals surface area contributed by atoms with Gasteiger partial charge in [-0.3, -0.25) is 10.1 Å². The van der Waals surface area contributed by atoms with Gasteiger partial charge in [-0.1, -0.05) is 62.7 Å². The summed E-state index contributed by atoms with van der Waals surface area (Å²) in [5, 5.41) is 15.6. The summed E-state index contributed by atoms with van der Waals surface area (Å²) in [4.78, 5) is 39.8. The second-order valence-corrected chi connectivity index (χ2v) is 13.1. The SMILES string of the molecule is Cc1ccc(-n2nc(C(C)(C)C)cc2NC(=O)Nc2ccc(OCc3ccnc(Nc4cnc(C(=O)N(C)C)cn4)c3)c3ccccc23)cc1. The van der Waals surface area contributed by atoms with E-state index in [4.69, 9.17) is 9.84 Å². The summed E-state index contributed by atoms with van der Waals surface area (Å²) in [7, 11) is 3.32. The molecule has 3 N–H and O–H groups in total. The number of ether oxygens (including phenoxy) is 1. The highest BCUT2D eigenvalue weighted by atomic mass is 16.5. The van der Waals surface area contributed by atoms with Crippen LogP contribution >= 0.6 is 0 Å². The Bertz CT molecular complexity index is 2150. The Labute approximate surface area is 290 Å². The molecule has 50 heavy (non-hydrogen) atoms. The average molecular weight is 670 g/mol. The summed E-state index contributed by atoms with van der Waals surface area (Å²) in [5.74, 6) is 2.02. The van der Waals surface area contributed by atoms with E-state index in [1.165, 1.54) is 17.3 Å². The minimum absolute atomic E-state index is 0.210. The second-order valence-electron chi connectivity index (χ2n) is 13.1. The van der Waals surface area contributed by atoms with Gasteiger partial charge in [0, 0.05) is 42.5 Å². The molecule has 0 spiro atoms.